The van der Waals surface area contributed by atoms with Crippen LogP contribution < -0.4 is 11.1 Å². The summed E-state index contributed by atoms with van der Waals surface area (Å²) in [6.07, 6.45) is 1.25. The number of nitrogens with one attached hydrogen (secondary N) is 1. The Hall–Kier alpha value is -1.51. The molecule has 3 rings (SSSR count). The molecule has 1 aromatic carbocycles. The van der Waals surface area contributed by atoms with E-state index in [2.05, 4.69) is 34.6 Å². The van der Waals surface area contributed by atoms with E-state index in [1.54, 1.807) is 18.2 Å². The molecule has 3 N–H and O–H groups in total. The number of aliphatic imine (C=N–C) groups is 1. The van der Waals surface area contributed by atoms with Gasteiger partial charge in [-0.3, -0.25) is 4.99 Å². The lowest BCUT2D eigenvalue weighted by molar-refractivity contribution is 0.663. The highest BCUT2D eigenvalue weighted by molar-refractivity contribution is 5.77. The largest absolute Gasteiger partial charge is 0.370 e. The van der Waals surface area contributed by atoms with Gasteiger partial charge >= 0.3 is 0 Å². The van der Waals surface area contributed by atoms with E-state index < -0.39 is 0 Å². The highest BCUT2D eigenvalue weighted by Gasteiger charge is 2.54. The number of nitrogens with two attached hydrogens (primary N) is 1. The Kier molecular flexibility index (Phi) is 2.13. The fourth-order valence-corrected chi connectivity index (χ4v) is 3.06. The standard InChI is InChI=1S/C13H17N3/c1-15-13(14)16-7-11-10-6-8-4-2-3-5-9(8)12(10)11/h2-5,10-12H,6-7H2,1H3,(H3,14,15,16). The predicted molar refractivity (Wildman–Crippen MR) is 65.4 cm³/mol. The third-order valence-electron chi connectivity index (χ3n) is 3.96. The maximum atomic E-state index is 5.63. The normalized spacial score (nSPS) is 30.8. The van der Waals surface area contributed by atoms with Gasteiger partial charge in [0, 0.05) is 13.6 Å². The predicted octanol–water partition coefficient (Wildman–Crippen LogP) is 1.11. The number of hydrogen-bond donors (Lipinski definition) is 2. The molecule has 0 aliphatic heterocycles. The van der Waals surface area contributed by atoms with Gasteiger partial charge in [0.05, 0.1) is 0 Å². The van der Waals surface area contributed by atoms with Crippen LogP contribution in [-0.4, -0.2) is 19.6 Å². The third kappa shape index (κ3) is 1.39. The van der Waals surface area contributed by atoms with Crippen molar-refractivity contribution in [2.24, 2.45) is 22.6 Å². The first-order valence-electron chi connectivity index (χ1n) is 5.85. The van der Waals surface area contributed by atoms with Crippen molar-refractivity contribution in [3.63, 3.8) is 0 Å². The first-order valence-corrected chi connectivity index (χ1v) is 5.85. The van der Waals surface area contributed by atoms with Crippen molar-refractivity contribution in [3.8, 4) is 0 Å². The average Bonchev–Trinajstić information content (AvgIpc) is 2.85. The van der Waals surface area contributed by atoms with Crippen molar-refractivity contribution in [1.29, 1.82) is 0 Å². The van der Waals surface area contributed by atoms with Crippen LogP contribution in [-0.2, 0) is 6.42 Å². The highest BCUT2D eigenvalue weighted by Crippen LogP contribution is 2.60. The minimum atomic E-state index is 0.554. The number of nitrogens with zero attached hydrogens (tertiary/aromatic N) is 1. The molecule has 1 fully saturated rings. The van der Waals surface area contributed by atoms with Crippen molar-refractivity contribution in [3.05, 3.63) is 35.4 Å². The Morgan fingerprint density at radius 1 is 1.50 bits per heavy atom. The first kappa shape index (κ1) is 9.70. The molecule has 3 heteroatoms. The van der Waals surface area contributed by atoms with E-state index in [1.165, 1.54) is 6.42 Å². The van der Waals surface area contributed by atoms with Crippen molar-refractivity contribution in [1.82, 2.24) is 5.32 Å². The average molecular weight is 215 g/mol. The molecule has 0 aromatic heterocycles. The molecule has 2 aliphatic rings. The lowest BCUT2D eigenvalue weighted by Crippen LogP contribution is -2.33. The van der Waals surface area contributed by atoms with Crippen LogP contribution >= 0.6 is 0 Å². The summed E-state index contributed by atoms with van der Waals surface area (Å²) in [5, 5.41) is 3.18. The van der Waals surface area contributed by atoms with E-state index in [4.69, 9.17) is 5.73 Å². The van der Waals surface area contributed by atoms with Crippen LogP contribution in [0.1, 0.15) is 17.0 Å². The number of rotatable bonds is 2. The van der Waals surface area contributed by atoms with Crippen molar-refractivity contribution in [2.45, 2.75) is 12.3 Å². The van der Waals surface area contributed by atoms with E-state index in [9.17, 15) is 0 Å². The molecule has 0 spiro atoms. The van der Waals surface area contributed by atoms with Gasteiger partial charge in [0.15, 0.2) is 5.96 Å². The van der Waals surface area contributed by atoms with Crippen LogP contribution in [0.5, 0.6) is 0 Å². The molecule has 1 saturated carbocycles. The SMILES string of the molecule is CN=C(N)NCC1C2Cc3ccccc3C12. The maximum absolute atomic E-state index is 5.63. The second kappa shape index (κ2) is 3.51. The minimum Gasteiger partial charge on any atom is -0.370 e. The summed E-state index contributed by atoms with van der Waals surface area (Å²) in [5.74, 6) is 2.93. The Morgan fingerprint density at radius 2 is 2.31 bits per heavy atom. The van der Waals surface area contributed by atoms with Crippen LogP contribution in [0.25, 0.3) is 0 Å². The lowest BCUT2D eigenvalue weighted by atomic mass is 10.0. The van der Waals surface area contributed by atoms with Crippen molar-refractivity contribution >= 4 is 5.96 Å². The van der Waals surface area contributed by atoms with E-state index >= 15 is 0 Å². The highest BCUT2D eigenvalue weighted by atomic mass is 15.1. The summed E-state index contributed by atoms with van der Waals surface area (Å²) in [7, 11) is 1.71. The second-order valence-corrected chi connectivity index (χ2v) is 4.75. The zero-order valence-corrected chi connectivity index (χ0v) is 9.48. The molecule has 3 nitrogen and oxygen atoms in total. The molecule has 2 aliphatic carbocycles. The summed E-state index contributed by atoms with van der Waals surface area (Å²) in [5.41, 5.74) is 8.74. The molecule has 0 heterocycles. The lowest BCUT2D eigenvalue weighted by Gasteiger charge is -2.08. The number of guanidine groups is 1. The van der Waals surface area contributed by atoms with Gasteiger partial charge in [-0.15, -0.1) is 0 Å². The van der Waals surface area contributed by atoms with Crippen molar-refractivity contribution in [2.75, 3.05) is 13.6 Å². The van der Waals surface area contributed by atoms with E-state index in [1.807, 2.05) is 0 Å². The summed E-state index contributed by atoms with van der Waals surface area (Å²) in [4.78, 5) is 3.91. The molecular formula is C13H17N3. The molecule has 0 bridgehead atoms. The molecular weight excluding hydrogens is 198 g/mol. The van der Waals surface area contributed by atoms with Crippen LogP contribution in [0.4, 0.5) is 0 Å². The van der Waals surface area contributed by atoms with E-state index in [0.29, 0.717) is 5.96 Å². The first-order chi connectivity index (χ1) is 7.81. The number of benzene rings is 1. The Labute approximate surface area is 95.8 Å². The summed E-state index contributed by atoms with van der Waals surface area (Å²) >= 11 is 0. The Balaban J connectivity index is 1.66. The van der Waals surface area contributed by atoms with Gasteiger partial charge in [-0.25, -0.2) is 0 Å². The second-order valence-electron chi connectivity index (χ2n) is 4.75. The topological polar surface area (TPSA) is 50.4 Å². The van der Waals surface area contributed by atoms with Crippen LogP contribution in [0.3, 0.4) is 0 Å². The molecule has 3 unspecified atom stereocenters. The van der Waals surface area contributed by atoms with Gasteiger partial charge in [0.2, 0.25) is 0 Å². The molecule has 1 aromatic rings. The van der Waals surface area contributed by atoms with Gasteiger partial charge in [-0.2, -0.15) is 0 Å². The monoisotopic (exact) mass is 215 g/mol. The Bertz CT molecular complexity index is 439. The minimum absolute atomic E-state index is 0.554. The zero-order valence-electron chi connectivity index (χ0n) is 9.48. The summed E-state index contributed by atoms with van der Waals surface area (Å²) in [6.45, 7) is 0.965. The van der Waals surface area contributed by atoms with Gasteiger partial charge in [0.25, 0.3) is 0 Å². The third-order valence-corrected chi connectivity index (χ3v) is 3.96. The molecule has 84 valence electrons. The number of hydrogen-bond acceptors (Lipinski definition) is 1. The summed E-state index contributed by atoms with van der Waals surface area (Å²) < 4.78 is 0. The quantitative estimate of drug-likeness (QED) is 0.573. The van der Waals surface area contributed by atoms with Gasteiger partial charge < -0.3 is 11.1 Å². The van der Waals surface area contributed by atoms with Gasteiger partial charge in [-0.1, -0.05) is 24.3 Å². The molecule has 0 saturated heterocycles. The van der Waals surface area contributed by atoms with Gasteiger partial charge in [0.1, 0.15) is 0 Å². The fourth-order valence-electron chi connectivity index (χ4n) is 3.06. The van der Waals surface area contributed by atoms with Crippen LogP contribution in [0, 0.1) is 11.8 Å². The van der Waals surface area contributed by atoms with Crippen LogP contribution in [0.15, 0.2) is 29.3 Å². The van der Waals surface area contributed by atoms with Crippen LogP contribution in [0.2, 0.25) is 0 Å². The molecule has 0 amide bonds. The molecule has 16 heavy (non-hydrogen) atoms. The fraction of sp³-hybridized carbons (Fsp3) is 0.462. The number of fused-ring (bicyclic) bond motifs is 3. The van der Waals surface area contributed by atoms with E-state index in [-0.39, 0.29) is 0 Å². The zero-order chi connectivity index (χ0) is 11.1. The van der Waals surface area contributed by atoms with Crippen molar-refractivity contribution < 1.29 is 0 Å². The summed E-state index contributed by atoms with van der Waals surface area (Å²) in [6, 6.07) is 8.82. The van der Waals surface area contributed by atoms with Gasteiger partial charge in [-0.05, 0) is 35.3 Å². The molecule has 0 radical (unpaired) electrons. The van der Waals surface area contributed by atoms with E-state index in [0.717, 1.165) is 24.3 Å². The smallest absolute Gasteiger partial charge is 0.188 e. The Morgan fingerprint density at radius 3 is 3.12 bits per heavy atom. The molecule has 3 atom stereocenters. The maximum Gasteiger partial charge on any atom is 0.188 e.